The normalized spacial score (nSPS) is 10.1. The van der Waals surface area contributed by atoms with Crippen LogP contribution in [0.2, 0.25) is 0 Å². The molecular formula is C25H25Cl3P. The average molecular weight is 463 g/mol. The van der Waals surface area contributed by atoms with Crippen molar-refractivity contribution in [2.45, 2.75) is 6.16 Å². The van der Waals surface area contributed by atoms with Crippen LogP contribution in [0.15, 0.2) is 121 Å². The van der Waals surface area contributed by atoms with Crippen LogP contribution in [0, 0.1) is 0 Å². The Morgan fingerprint density at radius 1 is 0.379 bits per heavy atom. The Morgan fingerprint density at radius 2 is 0.655 bits per heavy atom. The first-order chi connectivity index (χ1) is 12.9. The van der Waals surface area contributed by atoms with E-state index in [1.165, 1.54) is 21.5 Å². The van der Waals surface area contributed by atoms with Crippen molar-refractivity contribution < 1.29 is 0 Å². The van der Waals surface area contributed by atoms with Gasteiger partial charge < -0.3 is 0 Å². The SMILES string of the molecule is Cl.Cl.Cl.c1ccc(C[P](c2ccccc2)(c2ccccc2)c2ccccc2)cc1. The van der Waals surface area contributed by atoms with E-state index in [0.29, 0.717) is 0 Å². The van der Waals surface area contributed by atoms with Crippen molar-refractivity contribution in [3.8, 4) is 0 Å². The molecule has 0 spiro atoms. The number of hydrogen-bond donors (Lipinski definition) is 0. The third kappa shape index (κ3) is 5.41. The Balaban J connectivity index is 0.00000140. The minimum Gasteiger partial charge on any atom is -0.147 e. The van der Waals surface area contributed by atoms with Gasteiger partial charge in [-0.3, -0.25) is 0 Å². The highest BCUT2D eigenvalue weighted by Gasteiger charge is 2.33. The maximum absolute atomic E-state index is 2.30. The summed E-state index contributed by atoms with van der Waals surface area (Å²) in [4.78, 5) is 0. The van der Waals surface area contributed by atoms with Gasteiger partial charge in [0.15, 0.2) is 0 Å². The number of benzene rings is 4. The van der Waals surface area contributed by atoms with Gasteiger partial charge in [0.1, 0.15) is 0 Å². The molecule has 4 aromatic rings. The number of rotatable bonds is 5. The molecule has 0 saturated carbocycles. The van der Waals surface area contributed by atoms with Crippen molar-refractivity contribution in [2.75, 3.05) is 0 Å². The molecule has 29 heavy (non-hydrogen) atoms. The Kier molecular flexibility index (Phi) is 10.4. The van der Waals surface area contributed by atoms with E-state index in [1.807, 2.05) is 0 Å². The zero-order valence-corrected chi connectivity index (χ0v) is 19.3. The van der Waals surface area contributed by atoms with Gasteiger partial charge in [0.25, 0.3) is 0 Å². The molecule has 0 atom stereocenters. The lowest BCUT2D eigenvalue weighted by molar-refractivity contribution is 1.39. The molecule has 4 aromatic carbocycles. The fourth-order valence-corrected chi connectivity index (χ4v) is 7.87. The predicted molar refractivity (Wildman–Crippen MR) is 137 cm³/mol. The van der Waals surface area contributed by atoms with E-state index in [1.54, 1.807) is 0 Å². The molecule has 0 aliphatic carbocycles. The van der Waals surface area contributed by atoms with Crippen LogP contribution in [-0.4, -0.2) is 0 Å². The molecule has 0 heterocycles. The highest BCUT2D eigenvalue weighted by atomic mass is 35.5. The molecular weight excluding hydrogens is 438 g/mol. The van der Waals surface area contributed by atoms with Crippen LogP contribution >= 0.6 is 44.5 Å². The molecule has 151 valence electrons. The van der Waals surface area contributed by atoms with Crippen molar-refractivity contribution in [3.63, 3.8) is 0 Å². The number of halogens is 3. The van der Waals surface area contributed by atoms with Crippen molar-refractivity contribution in [3.05, 3.63) is 127 Å². The van der Waals surface area contributed by atoms with Gasteiger partial charge >= 0.3 is 0 Å². The van der Waals surface area contributed by atoms with Crippen LogP contribution in [0.3, 0.4) is 0 Å². The predicted octanol–water partition coefficient (Wildman–Crippen LogP) is 6.45. The maximum Gasteiger partial charge on any atom is 0.000637 e. The summed E-state index contributed by atoms with van der Waals surface area (Å²) in [6.45, 7) is 0. The lowest BCUT2D eigenvalue weighted by atomic mass is 10.2. The molecule has 4 heteroatoms. The average Bonchev–Trinajstić information content (AvgIpc) is 2.75. The molecule has 0 saturated heterocycles. The molecule has 0 unspecified atom stereocenters. The third-order valence-corrected chi connectivity index (χ3v) is 9.23. The number of hydrogen-bond acceptors (Lipinski definition) is 0. The zero-order valence-electron chi connectivity index (χ0n) is 15.9. The van der Waals surface area contributed by atoms with Gasteiger partial charge in [0, 0.05) is 6.16 Å². The summed E-state index contributed by atoms with van der Waals surface area (Å²) in [6, 6.07) is 44.0. The summed E-state index contributed by atoms with van der Waals surface area (Å²) in [5, 5.41) is 4.30. The molecule has 0 bridgehead atoms. The third-order valence-electron chi connectivity index (χ3n) is 4.85. The van der Waals surface area contributed by atoms with Crippen LogP contribution in [-0.2, 0) is 6.16 Å². The van der Waals surface area contributed by atoms with Gasteiger partial charge in [-0.1, -0.05) is 121 Å². The van der Waals surface area contributed by atoms with Crippen LogP contribution in [0.4, 0.5) is 0 Å². The Labute approximate surface area is 193 Å². The molecule has 0 aliphatic rings. The van der Waals surface area contributed by atoms with Gasteiger partial charge in [0.2, 0.25) is 0 Å². The van der Waals surface area contributed by atoms with Crippen molar-refractivity contribution >= 4 is 60.4 Å². The summed E-state index contributed by atoms with van der Waals surface area (Å²) < 4.78 is 0. The first-order valence-electron chi connectivity index (χ1n) is 8.98. The second-order valence-electron chi connectivity index (χ2n) is 6.46. The quantitative estimate of drug-likeness (QED) is 0.299. The lowest BCUT2D eigenvalue weighted by Gasteiger charge is -2.38. The molecule has 0 aromatic heterocycles. The minimum absolute atomic E-state index is 0. The van der Waals surface area contributed by atoms with Crippen molar-refractivity contribution in [2.24, 2.45) is 0 Å². The zero-order chi connectivity index (χ0) is 17.7. The largest absolute Gasteiger partial charge is 0.147 e. The molecule has 0 amide bonds. The van der Waals surface area contributed by atoms with Gasteiger partial charge in [-0.15, -0.1) is 37.2 Å². The topological polar surface area (TPSA) is 0 Å². The molecule has 0 N–H and O–H groups in total. The van der Waals surface area contributed by atoms with E-state index < -0.39 is 7.26 Å². The summed E-state index contributed by atoms with van der Waals surface area (Å²) in [6.07, 6.45) is 1.03. The molecule has 1 radical (unpaired) electrons. The van der Waals surface area contributed by atoms with E-state index in [4.69, 9.17) is 0 Å². The lowest BCUT2D eigenvalue weighted by Crippen LogP contribution is -2.32. The minimum atomic E-state index is -1.78. The van der Waals surface area contributed by atoms with Gasteiger partial charge in [-0.2, -0.15) is 0 Å². The van der Waals surface area contributed by atoms with Gasteiger partial charge in [-0.25, -0.2) is 0 Å². The second kappa shape index (κ2) is 12.0. The van der Waals surface area contributed by atoms with Crippen LogP contribution in [0.1, 0.15) is 5.56 Å². The highest BCUT2D eigenvalue weighted by molar-refractivity contribution is 7.95. The molecule has 0 aliphatic heterocycles. The van der Waals surface area contributed by atoms with Crippen LogP contribution in [0.25, 0.3) is 0 Å². The first-order valence-corrected chi connectivity index (χ1v) is 11.0. The summed E-state index contributed by atoms with van der Waals surface area (Å²) in [5.74, 6) is 0. The molecule has 0 nitrogen and oxygen atoms in total. The fraction of sp³-hybridized carbons (Fsp3) is 0.0400. The Morgan fingerprint density at radius 3 is 0.966 bits per heavy atom. The van der Waals surface area contributed by atoms with E-state index >= 15 is 0 Å². The summed E-state index contributed by atoms with van der Waals surface area (Å²) in [7, 11) is -1.78. The van der Waals surface area contributed by atoms with Crippen LogP contribution < -0.4 is 15.9 Å². The Hall–Kier alpha value is -1.82. The standard InChI is InChI=1S/C25H22P.3ClH/c1-5-13-22(14-6-1)21-26(23-15-7-2-8-16-23,24-17-9-3-10-18-24)25-19-11-4-12-20-25;;;/h1-20H,21H2;3*1H. The monoisotopic (exact) mass is 461 g/mol. The molecule has 0 fully saturated rings. The van der Waals surface area contributed by atoms with Crippen LogP contribution in [0.5, 0.6) is 0 Å². The fourth-order valence-electron chi connectivity index (χ4n) is 3.63. The van der Waals surface area contributed by atoms with Crippen molar-refractivity contribution in [1.82, 2.24) is 0 Å². The van der Waals surface area contributed by atoms with E-state index in [9.17, 15) is 0 Å². The highest BCUT2D eigenvalue weighted by Crippen LogP contribution is 2.58. The van der Waals surface area contributed by atoms with E-state index in [-0.39, 0.29) is 37.2 Å². The summed E-state index contributed by atoms with van der Waals surface area (Å²) in [5.41, 5.74) is 1.39. The maximum atomic E-state index is 2.30. The van der Waals surface area contributed by atoms with E-state index in [2.05, 4.69) is 121 Å². The van der Waals surface area contributed by atoms with Crippen molar-refractivity contribution in [1.29, 1.82) is 0 Å². The smallest absolute Gasteiger partial charge is 0.000637 e. The van der Waals surface area contributed by atoms with Gasteiger partial charge in [0.05, 0.1) is 0 Å². The molecule has 4 rings (SSSR count). The Bertz CT molecular complexity index is 850. The van der Waals surface area contributed by atoms with Gasteiger partial charge in [-0.05, 0) is 28.7 Å². The first kappa shape index (κ1) is 25.2. The summed E-state index contributed by atoms with van der Waals surface area (Å²) >= 11 is 0. The van der Waals surface area contributed by atoms with E-state index in [0.717, 1.165) is 6.16 Å². The second-order valence-corrected chi connectivity index (χ2v) is 9.95.